The van der Waals surface area contributed by atoms with Gasteiger partial charge in [0.15, 0.2) is 18.1 Å². The van der Waals surface area contributed by atoms with Gasteiger partial charge in [-0.1, -0.05) is 6.07 Å². The molecule has 134 valence electrons. The van der Waals surface area contributed by atoms with Crippen LogP contribution in [0, 0.1) is 0 Å². The van der Waals surface area contributed by atoms with Crippen LogP contribution in [0.5, 0.6) is 11.5 Å². The maximum absolute atomic E-state index is 11.8. The molecule has 2 heterocycles. The van der Waals surface area contributed by atoms with Gasteiger partial charge in [0.25, 0.3) is 11.8 Å². The number of carbonyl (C=O) groups excluding carboxylic acids is 3. The summed E-state index contributed by atoms with van der Waals surface area (Å²) in [7, 11) is 0. The summed E-state index contributed by atoms with van der Waals surface area (Å²) in [4.78, 5) is 34.7. The Labute approximate surface area is 152 Å². The summed E-state index contributed by atoms with van der Waals surface area (Å²) < 4.78 is 15.3. The van der Waals surface area contributed by atoms with Gasteiger partial charge >= 0.3 is 5.97 Å². The lowest BCUT2D eigenvalue weighted by Crippen LogP contribution is -2.21. The maximum atomic E-state index is 11.8. The zero-order valence-corrected chi connectivity index (χ0v) is 14.2. The van der Waals surface area contributed by atoms with Crippen molar-refractivity contribution in [3.05, 3.63) is 46.8 Å². The summed E-state index contributed by atoms with van der Waals surface area (Å²) in [5, 5.41) is 4.41. The van der Waals surface area contributed by atoms with Gasteiger partial charge in [0.05, 0.1) is 5.56 Å². The highest BCUT2D eigenvalue weighted by Crippen LogP contribution is 2.32. The monoisotopic (exact) mass is 374 g/mol. The minimum atomic E-state index is -0.681. The van der Waals surface area contributed by atoms with E-state index in [0.29, 0.717) is 16.5 Å². The zero-order chi connectivity index (χ0) is 18.5. The number of anilines is 1. The van der Waals surface area contributed by atoms with Gasteiger partial charge in [-0.25, -0.2) is 4.79 Å². The molecule has 0 radical (unpaired) electrons. The molecule has 0 saturated carbocycles. The zero-order valence-electron chi connectivity index (χ0n) is 13.4. The molecule has 0 spiro atoms. The highest BCUT2D eigenvalue weighted by Gasteiger charge is 2.14. The highest BCUT2D eigenvalue weighted by molar-refractivity contribution is 7.14. The van der Waals surface area contributed by atoms with E-state index in [-0.39, 0.29) is 12.4 Å². The molecule has 1 aromatic heterocycles. The molecule has 0 saturated heterocycles. The largest absolute Gasteiger partial charge is 0.454 e. The number of thiophene rings is 1. The number of nitrogens with two attached hydrogens (primary N) is 1. The number of benzene rings is 1. The Kier molecular flexibility index (Phi) is 5.18. The Balaban J connectivity index is 1.50. The van der Waals surface area contributed by atoms with Gasteiger partial charge in [0.2, 0.25) is 6.79 Å². The number of hydrogen-bond donors (Lipinski definition) is 2. The van der Waals surface area contributed by atoms with Crippen LogP contribution in [-0.4, -0.2) is 31.2 Å². The van der Waals surface area contributed by atoms with E-state index in [4.69, 9.17) is 19.9 Å². The van der Waals surface area contributed by atoms with Crippen molar-refractivity contribution < 1.29 is 28.6 Å². The van der Waals surface area contributed by atoms with Crippen molar-refractivity contribution >= 4 is 40.2 Å². The smallest absolute Gasteiger partial charge is 0.331 e. The Morgan fingerprint density at radius 2 is 2.04 bits per heavy atom. The lowest BCUT2D eigenvalue weighted by molar-refractivity contribution is -0.142. The first-order valence-corrected chi connectivity index (χ1v) is 8.32. The summed E-state index contributed by atoms with van der Waals surface area (Å²) in [5.41, 5.74) is 6.12. The third kappa shape index (κ3) is 4.19. The quantitative estimate of drug-likeness (QED) is 0.588. The van der Waals surface area contributed by atoms with E-state index in [1.807, 2.05) is 0 Å². The minimum absolute atomic E-state index is 0.168. The van der Waals surface area contributed by atoms with Gasteiger partial charge < -0.3 is 25.3 Å². The predicted molar refractivity (Wildman–Crippen MR) is 94.0 cm³/mol. The molecule has 0 fully saturated rings. The van der Waals surface area contributed by atoms with Crippen LogP contribution in [0.1, 0.15) is 15.9 Å². The standard InChI is InChI=1S/C17H14N2O6S/c18-16(22)11-5-6-26-17(11)19-14(20)8-23-15(21)4-2-10-1-3-12-13(7-10)25-9-24-12/h1-7H,8-9H2,(H2,18,22)(H,19,20). The average Bonchev–Trinajstić information content (AvgIpc) is 3.26. The first kappa shape index (κ1) is 17.5. The molecular formula is C17H14N2O6S. The molecule has 0 aliphatic carbocycles. The Morgan fingerprint density at radius 1 is 1.23 bits per heavy atom. The van der Waals surface area contributed by atoms with Crippen molar-refractivity contribution in [2.75, 3.05) is 18.7 Å². The average molecular weight is 374 g/mol. The van der Waals surface area contributed by atoms with Gasteiger partial charge in [0.1, 0.15) is 5.00 Å². The Hall–Kier alpha value is -3.33. The summed E-state index contributed by atoms with van der Waals surface area (Å²) in [6, 6.07) is 6.72. The lowest BCUT2D eigenvalue weighted by atomic mass is 10.2. The Bertz CT molecular complexity index is 889. The van der Waals surface area contributed by atoms with Gasteiger partial charge in [-0.15, -0.1) is 11.3 Å². The van der Waals surface area contributed by atoms with Crippen molar-refractivity contribution in [1.29, 1.82) is 0 Å². The van der Waals surface area contributed by atoms with E-state index in [2.05, 4.69) is 5.32 Å². The molecule has 3 rings (SSSR count). The van der Waals surface area contributed by atoms with Gasteiger partial charge in [-0.3, -0.25) is 9.59 Å². The van der Waals surface area contributed by atoms with E-state index >= 15 is 0 Å². The second-order valence-electron chi connectivity index (χ2n) is 5.13. The summed E-state index contributed by atoms with van der Waals surface area (Å²) in [5.74, 6) is -0.657. The normalized spacial score (nSPS) is 12.2. The fourth-order valence-corrected chi connectivity index (χ4v) is 2.94. The third-order valence-electron chi connectivity index (χ3n) is 3.34. The molecule has 26 heavy (non-hydrogen) atoms. The minimum Gasteiger partial charge on any atom is -0.454 e. The lowest BCUT2D eigenvalue weighted by Gasteiger charge is -2.04. The van der Waals surface area contributed by atoms with Crippen molar-refractivity contribution in [3.63, 3.8) is 0 Å². The van der Waals surface area contributed by atoms with Crippen molar-refractivity contribution in [2.45, 2.75) is 0 Å². The van der Waals surface area contributed by atoms with Crippen molar-refractivity contribution in [2.24, 2.45) is 5.73 Å². The van der Waals surface area contributed by atoms with Crippen molar-refractivity contribution in [3.8, 4) is 11.5 Å². The fraction of sp³-hybridized carbons (Fsp3) is 0.118. The molecule has 2 aromatic rings. The molecule has 0 bridgehead atoms. The number of hydrogen-bond acceptors (Lipinski definition) is 7. The van der Waals surface area contributed by atoms with Gasteiger partial charge in [-0.2, -0.15) is 0 Å². The topological polar surface area (TPSA) is 117 Å². The molecule has 2 amide bonds. The Morgan fingerprint density at radius 3 is 2.85 bits per heavy atom. The van der Waals surface area contributed by atoms with Gasteiger partial charge in [0, 0.05) is 6.08 Å². The van der Waals surface area contributed by atoms with E-state index in [1.54, 1.807) is 23.6 Å². The summed E-state index contributed by atoms with van der Waals surface area (Å²) in [6.07, 6.45) is 2.73. The second-order valence-corrected chi connectivity index (χ2v) is 6.05. The predicted octanol–water partition coefficient (Wildman–Crippen LogP) is 1.77. The summed E-state index contributed by atoms with van der Waals surface area (Å²) in [6.45, 7) is -0.318. The van der Waals surface area contributed by atoms with Crippen LogP contribution in [0.15, 0.2) is 35.7 Å². The number of carbonyl (C=O) groups is 3. The maximum Gasteiger partial charge on any atom is 0.331 e. The number of nitrogens with one attached hydrogen (secondary N) is 1. The van der Waals surface area contributed by atoms with E-state index in [0.717, 1.165) is 16.9 Å². The van der Waals surface area contributed by atoms with E-state index < -0.39 is 24.4 Å². The molecule has 1 aliphatic rings. The molecule has 1 aliphatic heterocycles. The second kappa shape index (κ2) is 7.70. The van der Waals surface area contributed by atoms with Crippen LogP contribution in [0.3, 0.4) is 0 Å². The third-order valence-corrected chi connectivity index (χ3v) is 4.17. The molecule has 1 aromatic carbocycles. The molecule has 3 N–H and O–H groups in total. The van der Waals surface area contributed by atoms with Gasteiger partial charge in [-0.05, 0) is 35.2 Å². The molecule has 8 nitrogen and oxygen atoms in total. The number of amides is 2. The van der Waals surface area contributed by atoms with Crippen LogP contribution in [-0.2, 0) is 14.3 Å². The first-order chi connectivity index (χ1) is 12.5. The molecular weight excluding hydrogens is 360 g/mol. The highest BCUT2D eigenvalue weighted by atomic mass is 32.1. The van der Waals surface area contributed by atoms with Crippen LogP contribution in [0.4, 0.5) is 5.00 Å². The van der Waals surface area contributed by atoms with E-state index in [1.165, 1.54) is 18.2 Å². The fourth-order valence-electron chi connectivity index (χ4n) is 2.13. The van der Waals surface area contributed by atoms with Crippen LogP contribution < -0.4 is 20.5 Å². The number of ether oxygens (including phenoxy) is 3. The number of primary amides is 1. The summed E-state index contributed by atoms with van der Waals surface area (Å²) >= 11 is 1.15. The van der Waals surface area contributed by atoms with Crippen LogP contribution in [0.2, 0.25) is 0 Å². The molecule has 9 heteroatoms. The van der Waals surface area contributed by atoms with E-state index in [9.17, 15) is 14.4 Å². The van der Waals surface area contributed by atoms with Crippen LogP contribution >= 0.6 is 11.3 Å². The first-order valence-electron chi connectivity index (χ1n) is 7.44. The number of rotatable bonds is 6. The number of esters is 1. The SMILES string of the molecule is NC(=O)c1ccsc1NC(=O)COC(=O)C=Cc1ccc2c(c1)OCO2. The molecule has 0 unspecified atom stereocenters. The molecule has 0 atom stereocenters. The van der Waals surface area contributed by atoms with Crippen LogP contribution in [0.25, 0.3) is 6.08 Å². The number of fused-ring (bicyclic) bond motifs is 1. The van der Waals surface area contributed by atoms with Crippen molar-refractivity contribution in [1.82, 2.24) is 0 Å².